The first-order valence-corrected chi connectivity index (χ1v) is 9.84. The van der Waals surface area contributed by atoms with Gasteiger partial charge in [-0.3, -0.25) is 9.78 Å². The van der Waals surface area contributed by atoms with E-state index in [2.05, 4.69) is 25.4 Å². The number of hydrogen-bond acceptors (Lipinski definition) is 4. The monoisotopic (exact) mass is 442 g/mol. The molecule has 0 radical (unpaired) electrons. The average molecular weight is 443 g/mol. The third-order valence-electron chi connectivity index (χ3n) is 5.16. The van der Waals surface area contributed by atoms with E-state index in [0.717, 1.165) is 19.9 Å². The van der Waals surface area contributed by atoms with Gasteiger partial charge in [-0.15, -0.1) is 0 Å². The number of aromatic nitrogens is 1. The van der Waals surface area contributed by atoms with Crippen molar-refractivity contribution in [3.05, 3.63) is 46.9 Å². The van der Waals surface area contributed by atoms with Crippen LogP contribution in [0.15, 0.2) is 36.3 Å². The van der Waals surface area contributed by atoms with Crippen molar-refractivity contribution in [1.82, 2.24) is 15.2 Å². The second-order valence-corrected chi connectivity index (χ2v) is 8.67. The van der Waals surface area contributed by atoms with Crippen LogP contribution in [-0.4, -0.2) is 48.3 Å². The molecule has 1 aromatic rings. The van der Waals surface area contributed by atoms with Gasteiger partial charge in [0.15, 0.2) is 0 Å². The van der Waals surface area contributed by atoms with E-state index >= 15 is 0 Å². The average Bonchev–Trinajstić information content (AvgIpc) is 2.62. The van der Waals surface area contributed by atoms with E-state index < -0.39 is 23.4 Å². The van der Waals surface area contributed by atoms with Crippen molar-refractivity contribution in [1.29, 1.82) is 5.41 Å². The van der Waals surface area contributed by atoms with Crippen LogP contribution in [0.4, 0.5) is 13.2 Å². The molecule has 1 amide bonds. The number of halogens is 4. The smallest absolute Gasteiger partial charge is 0.383 e. The molecule has 2 N–H and O–H groups in total. The van der Waals surface area contributed by atoms with Gasteiger partial charge in [0.25, 0.3) is 5.91 Å². The topological polar surface area (TPSA) is 69.1 Å². The van der Waals surface area contributed by atoms with Crippen molar-refractivity contribution < 1.29 is 18.0 Å². The number of allylic oxidation sites excluding steroid dienone is 1. The van der Waals surface area contributed by atoms with E-state index in [-0.39, 0.29) is 24.4 Å². The van der Waals surface area contributed by atoms with E-state index in [1.165, 1.54) is 17.3 Å². The fourth-order valence-corrected chi connectivity index (χ4v) is 4.23. The van der Waals surface area contributed by atoms with Crippen LogP contribution in [0.5, 0.6) is 0 Å². The van der Waals surface area contributed by atoms with E-state index in [1.54, 1.807) is 6.07 Å². The predicted molar refractivity (Wildman–Crippen MR) is 112 cm³/mol. The molecule has 0 spiro atoms. The largest absolute Gasteiger partial charge is 0.431 e. The highest BCUT2D eigenvalue weighted by atomic mass is 35.5. The third-order valence-corrected chi connectivity index (χ3v) is 5.46. The Labute approximate surface area is 179 Å². The molecule has 9 heteroatoms. The fourth-order valence-electron chi connectivity index (χ4n) is 3.98. The number of pyridine rings is 1. The minimum atomic E-state index is -4.78. The van der Waals surface area contributed by atoms with Crippen molar-refractivity contribution in [2.45, 2.75) is 32.9 Å². The number of amides is 1. The van der Waals surface area contributed by atoms with Crippen LogP contribution in [0.2, 0.25) is 5.02 Å². The summed E-state index contributed by atoms with van der Waals surface area (Å²) in [5.74, 6) is -0.705. The Balaban J connectivity index is 2.36. The lowest BCUT2D eigenvalue weighted by atomic mass is 9.64. The summed E-state index contributed by atoms with van der Waals surface area (Å²) in [4.78, 5) is 18.3. The van der Waals surface area contributed by atoms with Crippen LogP contribution in [0.1, 0.15) is 32.3 Å². The molecule has 0 atom stereocenters. The number of nitrogens with zero attached hydrogens (tertiary/aromatic N) is 2. The maximum Gasteiger partial charge on any atom is 0.431 e. The molecular formula is C21H26ClF3N4O. The minimum absolute atomic E-state index is 0.00825. The van der Waals surface area contributed by atoms with Gasteiger partial charge in [0.05, 0.1) is 10.6 Å². The number of nitrogens with one attached hydrogen (secondary N) is 2. The second-order valence-electron chi connectivity index (χ2n) is 8.26. The number of carbonyl (C=O) groups excluding carboxylic acids is 1. The molecule has 5 nitrogen and oxygen atoms in total. The van der Waals surface area contributed by atoms with Gasteiger partial charge in [0, 0.05) is 44.3 Å². The molecule has 0 saturated heterocycles. The van der Waals surface area contributed by atoms with E-state index in [4.69, 9.17) is 17.0 Å². The van der Waals surface area contributed by atoms with Gasteiger partial charge < -0.3 is 15.6 Å². The number of rotatable bonds is 8. The van der Waals surface area contributed by atoms with Crippen LogP contribution >= 0.6 is 11.6 Å². The lowest BCUT2D eigenvalue weighted by Gasteiger charge is -2.45. The van der Waals surface area contributed by atoms with Gasteiger partial charge in [-0.25, -0.2) is 0 Å². The zero-order chi connectivity index (χ0) is 22.7. The van der Waals surface area contributed by atoms with E-state index in [0.29, 0.717) is 22.4 Å². The first-order chi connectivity index (χ1) is 13.9. The molecule has 164 valence electrons. The molecule has 1 fully saturated rings. The number of alkyl halides is 3. The summed E-state index contributed by atoms with van der Waals surface area (Å²) < 4.78 is 40.1. The first kappa shape index (κ1) is 23.9. The predicted octanol–water partition coefficient (Wildman–Crippen LogP) is 4.70. The molecule has 0 aliphatic heterocycles. The molecule has 1 aliphatic carbocycles. The molecule has 0 bridgehead atoms. The van der Waals surface area contributed by atoms with E-state index in [1.807, 2.05) is 5.32 Å². The van der Waals surface area contributed by atoms with Crippen LogP contribution in [0, 0.1) is 16.7 Å². The molecular weight excluding hydrogens is 417 g/mol. The van der Waals surface area contributed by atoms with Gasteiger partial charge in [-0.1, -0.05) is 32.0 Å². The Morgan fingerprint density at radius 2 is 2.10 bits per heavy atom. The molecule has 0 aromatic carbocycles. The van der Waals surface area contributed by atoms with Gasteiger partial charge >= 0.3 is 6.18 Å². The summed E-state index contributed by atoms with van der Waals surface area (Å²) >= 11 is 6.16. The summed E-state index contributed by atoms with van der Waals surface area (Å²) in [5.41, 5.74) is -0.779. The van der Waals surface area contributed by atoms with Gasteiger partial charge in [0.1, 0.15) is 5.70 Å². The Bertz CT molecular complexity index is 856. The number of carbonyl (C=O) groups is 1. The summed E-state index contributed by atoms with van der Waals surface area (Å²) in [6, 6.07) is 1.64. The summed E-state index contributed by atoms with van der Waals surface area (Å²) in [7, 11) is 1.08. The van der Waals surface area contributed by atoms with Crippen molar-refractivity contribution in [3.63, 3.8) is 0 Å². The Morgan fingerprint density at radius 3 is 2.57 bits per heavy atom. The minimum Gasteiger partial charge on any atom is -0.383 e. The zero-order valence-corrected chi connectivity index (χ0v) is 18.0. The van der Waals surface area contributed by atoms with Crippen LogP contribution in [0.3, 0.4) is 0 Å². The second kappa shape index (κ2) is 9.20. The Hall–Kier alpha value is -2.35. The summed E-state index contributed by atoms with van der Waals surface area (Å²) in [6.45, 7) is 8.45. The SMILES string of the molecule is C=C(CN(CC1CC(C)(C)C1)C(=O)/C(C=N)=C(/NC)C(F)(F)F)c1ccncc1Cl. The molecule has 1 aliphatic rings. The van der Waals surface area contributed by atoms with Crippen molar-refractivity contribution in [3.8, 4) is 0 Å². The molecule has 1 heterocycles. The van der Waals surface area contributed by atoms with Crippen LogP contribution in [0.25, 0.3) is 5.57 Å². The van der Waals surface area contributed by atoms with Crippen LogP contribution in [-0.2, 0) is 4.79 Å². The Kier molecular flexibility index (Phi) is 7.34. The molecule has 30 heavy (non-hydrogen) atoms. The van der Waals surface area contributed by atoms with Gasteiger partial charge in [0.2, 0.25) is 0 Å². The summed E-state index contributed by atoms with van der Waals surface area (Å²) in [6.07, 6.45) is 0.351. The molecule has 1 saturated carbocycles. The fraction of sp³-hybridized carbons (Fsp3) is 0.476. The highest BCUT2D eigenvalue weighted by Crippen LogP contribution is 2.45. The van der Waals surface area contributed by atoms with E-state index in [9.17, 15) is 18.0 Å². The van der Waals surface area contributed by atoms with Crippen molar-refractivity contribution in [2.75, 3.05) is 20.1 Å². The third kappa shape index (κ3) is 5.62. The normalized spacial score (nSPS) is 16.9. The van der Waals surface area contributed by atoms with Gasteiger partial charge in [-0.2, -0.15) is 13.2 Å². The maximum atomic E-state index is 13.4. The zero-order valence-electron chi connectivity index (χ0n) is 17.2. The first-order valence-electron chi connectivity index (χ1n) is 9.46. The number of hydrogen-bond donors (Lipinski definition) is 2. The van der Waals surface area contributed by atoms with Crippen LogP contribution < -0.4 is 5.32 Å². The molecule has 1 aromatic heterocycles. The lowest BCUT2D eigenvalue weighted by Crippen LogP contribution is -2.44. The highest BCUT2D eigenvalue weighted by Gasteiger charge is 2.40. The standard InChI is InChI=1S/C21H26ClF3N4O/c1-13(15-5-6-28-10-17(15)22)11-29(12-14-7-20(2,3)8-14)19(30)16(9-26)18(27-4)21(23,24)25/h5-6,9-10,14,26-27H,1,7-8,11-12H2,2-4H3/b18-16+,26-9?. The molecule has 2 rings (SSSR count). The maximum absolute atomic E-state index is 13.4. The molecule has 0 unspecified atom stereocenters. The quantitative estimate of drug-likeness (QED) is 0.453. The lowest BCUT2D eigenvalue weighted by molar-refractivity contribution is -0.129. The highest BCUT2D eigenvalue weighted by molar-refractivity contribution is 6.32. The Morgan fingerprint density at radius 1 is 1.47 bits per heavy atom. The van der Waals surface area contributed by atoms with Crippen molar-refractivity contribution in [2.24, 2.45) is 11.3 Å². The summed E-state index contributed by atoms with van der Waals surface area (Å²) in [5, 5.41) is 9.82. The van der Waals surface area contributed by atoms with Gasteiger partial charge in [-0.05, 0) is 35.8 Å². The van der Waals surface area contributed by atoms with Crippen molar-refractivity contribution >= 4 is 29.3 Å².